The molecule has 0 aliphatic rings. The van der Waals surface area contributed by atoms with Gasteiger partial charge in [-0.1, -0.05) is 29.1 Å². The van der Waals surface area contributed by atoms with E-state index >= 15 is 0 Å². The summed E-state index contributed by atoms with van der Waals surface area (Å²) in [6.07, 6.45) is 0. The molecule has 4 aromatic rings. The third-order valence-electron chi connectivity index (χ3n) is 3.74. The number of carbonyl (C=O) groups is 1. The molecule has 6 nitrogen and oxygen atoms in total. The highest BCUT2D eigenvalue weighted by Crippen LogP contribution is 2.37. The maximum Gasteiger partial charge on any atom is 0.238 e. The average Bonchev–Trinajstić information content (AvgIpc) is 3.42. The molecule has 4 heterocycles. The number of aryl methyl sites for hydroxylation is 1. The molecule has 9 heteroatoms. The first-order chi connectivity index (χ1) is 13.1. The zero-order valence-corrected chi connectivity index (χ0v) is 17.0. The highest BCUT2D eigenvalue weighted by molar-refractivity contribution is 8.00. The van der Waals surface area contributed by atoms with Crippen LogP contribution in [-0.4, -0.2) is 26.3 Å². The molecule has 0 fully saturated rings. The Morgan fingerprint density at radius 3 is 2.63 bits per heavy atom. The number of hydrogen-bond acceptors (Lipinski definition) is 7. The van der Waals surface area contributed by atoms with Crippen molar-refractivity contribution in [3.8, 4) is 21.1 Å². The first kappa shape index (κ1) is 18.0. The summed E-state index contributed by atoms with van der Waals surface area (Å²) in [6.45, 7) is 3.62. The smallest absolute Gasteiger partial charge is 0.238 e. The van der Waals surface area contributed by atoms with Crippen molar-refractivity contribution in [1.82, 2.24) is 15.1 Å². The monoisotopic (exact) mass is 416 g/mol. The Morgan fingerprint density at radius 1 is 1.26 bits per heavy atom. The van der Waals surface area contributed by atoms with Crippen molar-refractivity contribution >= 4 is 46.2 Å². The molecule has 0 spiro atoms. The molecule has 0 aliphatic heterocycles. The van der Waals surface area contributed by atoms with E-state index in [0.29, 0.717) is 16.7 Å². The minimum atomic E-state index is -0.347. The molecule has 0 radical (unpaired) electrons. The quantitative estimate of drug-likeness (QED) is 0.418. The van der Waals surface area contributed by atoms with Crippen molar-refractivity contribution in [2.75, 3.05) is 5.32 Å². The summed E-state index contributed by atoms with van der Waals surface area (Å²) in [7, 11) is 0. The van der Waals surface area contributed by atoms with Gasteiger partial charge in [0.05, 0.1) is 20.7 Å². The number of H-pyrrole nitrogens is 1. The number of thioether (sulfide) groups is 1. The average molecular weight is 417 g/mol. The minimum Gasteiger partial charge on any atom is -0.360 e. The molecule has 1 atom stereocenters. The number of anilines is 1. The van der Waals surface area contributed by atoms with Gasteiger partial charge in [0.1, 0.15) is 11.5 Å². The van der Waals surface area contributed by atoms with Crippen molar-refractivity contribution < 1.29 is 9.32 Å². The fourth-order valence-electron chi connectivity index (χ4n) is 2.47. The van der Waals surface area contributed by atoms with E-state index in [4.69, 9.17) is 9.51 Å². The van der Waals surface area contributed by atoms with E-state index in [1.165, 1.54) is 11.8 Å². The van der Waals surface area contributed by atoms with Crippen molar-refractivity contribution in [3.05, 3.63) is 46.9 Å². The lowest BCUT2D eigenvalue weighted by Crippen LogP contribution is -2.22. The number of aromatic amines is 1. The third kappa shape index (κ3) is 4.00. The highest BCUT2D eigenvalue weighted by Gasteiger charge is 2.21. The van der Waals surface area contributed by atoms with Crippen LogP contribution in [0.1, 0.15) is 12.7 Å². The van der Waals surface area contributed by atoms with Crippen LogP contribution in [0, 0.1) is 6.92 Å². The zero-order valence-electron chi connectivity index (χ0n) is 14.6. The van der Waals surface area contributed by atoms with Crippen LogP contribution < -0.4 is 5.32 Å². The normalized spacial score (nSPS) is 12.2. The number of imidazole rings is 1. The number of aromatic nitrogens is 3. The molecule has 0 unspecified atom stereocenters. The van der Waals surface area contributed by atoms with Crippen LogP contribution in [0.25, 0.3) is 21.1 Å². The minimum absolute atomic E-state index is 0.153. The van der Waals surface area contributed by atoms with Gasteiger partial charge in [0.25, 0.3) is 0 Å². The van der Waals surface area contributed by atoms with Crippen LogP contribution in [0.15, 0.2) is 50.8 Å². The molecule has 0 bridgehead atoms. The fraction of sp³-hybridized carbons (Fsp3) is 0.167. The maximum atomic E-state index is 12.4. The lowest BCUT2D eigenvalue weighted by molar-refractivity contribution is -0.115. The van der Waals surface area contributed by atoms with Crippen LogP contribution >= 0.6 is 34.4 Å². The van der Waals surface area contributed by atoms with Gasteiger partial charge in [-0.25, -0.2) is 4.98 Å². The molecule has 1 amide bonds. The van der Waals surface area contributed by atoms with Gasteiger partial charge in [0.15, 0.2) is 11.0 Å². The molecule has 2 N–H and O–H groups in total. The molecule has 0 aromatic carbocycles. The van der Waals surface area contributed by atoms with Gasteiger partial charge in [-0.2, -0.15) is 0 Å². The van der Waals surface area contributed by atoms with Crippen molar-refractivity contribution in [3.63, 3.8) is 0 Å². The van der Waals surface area contributed by atoms with Gasteiger partial charge < -0.3 is 14.8 Å². The van der Waals surface area contributed by atoms with E-state index in [1.54, 1.807) is 35.7 Å². The molecule has 138 valence electrons. The Bertz CT molecular complexity index is 983. The van der Waals surface area contributed by atoms with Crippen LogP contribution in [-0.2, 0) is 4.79 Å². The molecule has 0 saturated heterocycles. The standard InChI is InChI=1S/C18H16N4O2S3/c1-10-9-14(22-24-10)19-17(23)11(2)27-18-20-15(12-5-3-7-25-12)16(21-18)13-6-4-8-26-13/h3-9,11H,1-2H3,(H,20,21)(H,19,22,23)/t11-/m0/s1. The number of carbonyl (C=O) groups excluding carboxylic acids is 1. The highest BCUT2D eigenvalue weighted by atomic mass is 32.2. The van der Waals surface area contributed by atoms with Crippen LogP contribution in [0.3, 0.4) is 0 Å². The van der Waals surface area contributed by atoms with Crippen LogP contribution in [0.2, 0.25) is 0 Å². The summed E-state index contributed by atoms with van der Waals surface area (Å²) < 4.78 is 4.98. The second-order valence-corrected chi connectivity index (χ2v) is 9.02. The van der Waals surface area contributed by atoms with E-state index in [0.717, 1.165) is 21.1 Å². The van der Waals surface area contributed by atoms with Gasteiger partial charge in [-0.3, -0.25) is 4.79 Å². The lowest BCUT2D eigenvalue weighted by Gasteiger charge is -2.08. The maximum absolute atomic E-state index is 12.4. The van der Waals surface area contributed by atoms with Gasteiger partial charge in [0, 0.05) is 6.07 Å². The van der Waals surface area contributed by atoms with Gasteiger partial charge in [0.2, 0.25) is 5.91 Å². The summed E-state index contributed by atoms with van der Waals surface area (Å²) in [5.41, 5.74) is 1.89. The second kappa shape index (κ2) is 7.71. The Kier molecular flexibility index (Phi) is 5.15. The summed E-state index contributed by atoms with van der Waals surface area (Å²) in [6, 6.07) is 9.83. The Balaban J connectivity index is 1.55. The van der Waals surface area contributed by atoms with Gasteiger partial charge in [-0.05, 0) is 36.7 Å². The molecule has 4 aromatic heterocycles. The Hall–Kier alpha value is -2.36. The molecule has 27 heavy (non-hydrogen) atoms. The van der Waals surface area contributed by atoms with E-state index in [2.05, 4.69) is 27.6 Å². The number of rotatable bonds is 6. The second-order valence-electron chi connectivity index (χ2n) is 5.79. The lowest BCUT2D eigenvalue weighted by atomic mass is 10.2. The van der Waals surface area contributed by atoms with E-state index in [9.17, 15) is 4.79 Å². The Morgan fingerprint density at radius 2 is 2.00 bits per heavy atom. The SMILES string of the molecule is Cc1cc(NC(=O)[C@H](C)Sc2nc(-c3cccs3)c(-c3cccs3)[nH]2)no1. The van der Waals surface area contributed by atoms with Gasteiger partial charge >= 0.3 is 0 Å². The van der Waals surface area contributed by atoms with E-state index < -0.39 is 0 Å². The number of nitrogens with zero attached hydrogens (tertiary/aromatic N) is 2. The zero-order chi connectivity index (χ0) is 18.8. The van der Waals surface area contributed by atoms with E-state index in [-0.39, 0.29) is 11.2 Å². The molecule has 0 saturated carbocycles. The summed E-state index contributed by atoms with van der Waals surface area (Å²) in [5, 5.41) is 11.0. The topological polar surface area (TPSA) is 83.8 Å². The van der Waals surface area contributed by atoms with E-state index in [1.807, 2.05) is 29.8 Å². The number of hydrogen-bond donors (Lipinski definition) is 2. The summed E-state index contributed by atoms with van der Waals surface area (Å²) in [5.74, 6) is 0.917. The third-order valence-corrected chi connectivity index (χ3v) is 6.49. The van der Waals surface area contributed by atoms with Crippen LogP contribution in [0.4, 0.5) is 5.82 Å². The fourth-order valence-corrected chi connectivity index (χ4v) is 4.72. The molecular weight excluding hydrogens is 400 g/mol. The van der Waals surface area contributed by atoms with Gasteiger partial charge in [-0.15, -0.1) is 22.7 Å². The number of thiophene rings is 2. The molecular formula is C18H16N4O2S3. The summed E-state index contributed by atoms with van der Waals surface area (Å²) >= 11 is 4.68. The molecule has 0 aliphatic carbocycles. The van der Waals surface area contributed by atoms with Crippen molar-refractivity contribution in [2.24, 2.45) is 0 Å². The van der Waals surface area contributed by atoms with Crippen molar-refractivity contribution in [2.45, 2.75) is 24.3 Å². The first-order valence-corrected chi connectivity index (χ1v) is 10.8. The first-order valence-electron chi connectivity index (χ1n) is 8.19. The van der Waals surface area contributed by atoms with Crippen molar-refractivity contribution in [1.29, 1.82) is 0 Å². The largest absolute Gasteiger partial charge is 0.360 e. The summed E-state index contributed by atoms with van der Waals surface area (Å²) in [4.78, 5) is 22.8. The predicted molar refractivity (Wildman–Crippen MR) is 110 cm³/mol. The molecule has 4 rings (SSSR count). The Labute approximate surface area is 168 Å². The number of nitrogens with one attached hydrogen (secondary N) is 2. The number of amides is 1. The predicted octanol–water partition coefficient (Wildman–Crippen LogP) is 5.28. The van der Waals surface area contributed by atoms with Crippen LogP contribution in [0.5, 0.6) is 0 Å².